The number of fused-ring (bicyclic) bond motifs is 1. The number of rotatable bonds is 2. The molecular formula is C14H16Cl2N2. The number of nitrogens with zero attached hydrogens (tertiary/aromatic N) is 2. The Morgan fingerprint density at radius 1 is 1.22 bits per heavy atom. The van der Waals surface area contributed by atoms with Crippen LogP contribution in [0.4, 0.5) is 0 Å². The lowest BCUT2D eigenvalue weighted by Gasteiger charge is -2.15. The van der Waals surface area contributed by atoms with Crippen LogP contribution in [-0.4, -0.2) is 9.55 Å². The Hall–Kier alpha value is -0.730. The fraction of sp³-hybridized carbons (Fsp3) is 0.500. The highest BCUT2D eigenvalue weighted by molar-refractivity contribution is 6.42. The van der Waals surface area contributed by atoms with Crippen molar-refractivity contribution in [3.05, 3.63) is 28.0 Å². The minimum Gasteiger partial charge on any atom is -0.325 e. The molecule has 3 rings (SSSR count). The lowest BCUT2D eigenvalue weighted by molar-refractivity contribution is 0.513. The summed E-state index contributed by atoms with van der Waals surface area (Å²) in [5.41, 5.74) is 2.10. The molecule has 0 radical (unpaired) electrons. The second-order valence-corrected chi connectivity index (χ2v) is 5.76. The quantitative estimate of drug-likeness (QED) is 0.756. The van der Waals surface area contributed by atoms with Crippen LogP contribution in [0.1, 0.15) is 44.5 Å². The third-order valence-electron chi connectivity index (χ3n) is 3.81. The van der Waals surface area contributed by atoms with Crippen LogP contribution < -0.4 is 0 Å². The molecule has 0 N–H and O–H groups in total. The summed E-state index contributed by atoms with van der Waals surface area (Å²) >= 11 is 12.2. The van der Waals surface area contributed by atoms with Crippen molar-refractivity contribution in [3.8, 4) is 0 Å². The van der Waals surface area contributed by atoms with E-state index in [1.807, 2.05) is 12.1 Å². The van der Waals surface area contributed by atoms with Gasteiger partial charge in [-0.25, -0.2) is 4.98 Å². The SMILES string of the molecule is CCc1nc2cc(Cl)c(Cl)cc2n1C1CCCC1. The molecule has 4 heteroatoms. The molecule has 0 atom stereocenters. The van der Waals surface area contributed by atoms with Crippen LogP contribution in [0.15, 0.2) is 12.1 Å². The highest BCUT2D eigenvalue weighted by Gasteiger charge is 2.22. The number of halogens is 2. The Balaban J connectivity index is 2.23. The number of imidazole rings is 1. The fourth-order valence-electron chi connectivity index (χ4n) is 2.96. The average Bonchev–Trinajstić information content (AvgIpc) is 2.96. The van der Waals surface area contributed by atoms with Crippen LogP contribution in [0.2, 0.25) is 10.0 Å². The van der Waals surface area contributed by atoms with Gasteiger partial charge in [-0.2, -0.15) is 0 Å². The highest BCUT2D eigenvalue weighted by Crippen LogP contribution is 2.36. The van der Waals surface area contributed by atoms with Gasteiger partial charge in [0, 0.05) is 12.5 Å². The summed E-state index contributed by atoms with van der Waals surface area (Å²) in [6, 6.07) is 4.43. The average molecular weight is 283 g/mol. The molecule has 1 heterocycles. The van der Waals surface area contributed by atoms with Crippen molar-refractivity contribution in [2.45, 2.75) is 45.1 Å². The maximum Gasteiger partial charge on any atom is 0.109 e. The van der Waals surface area contributed by atoms with E-state index in [4.69, 9.17) is 28.2 Å². The number of aryl methyl sites for hydroxylation is 1. The molecule has 2 aromatic rings. The maximum atomic E-state index is 6.15. The molecule has 1 saturated carbocycles. The molecular weight excluding hydrogens is 267 g/mol. The molecule has 18 heavy (non-hydrogen) atoms. The van der Waals surface area contributed by atoms with Crippen molar-refractivity contribution in [2.75, 3.05) is 0 Å². The predicted molar refractivity (Wildman–Crippen MR) is 76.6 cm³/mol. The Bertz CT molecular complexity index is 583. The zero-order valence-electron chi connectivity index (χ0n) is 10.4. The Morgan fingerprint density at radius 2 is 1.89 bits per heavy atom. The van der Waals surface area contributed by atoms with Gasteiger partial charge in [0.25, 0.3) is 0 Å². The van der Waals surface area contributed by atoms with Gasteiger partial charge in [-0.1, -0.05) is 43.0 Å². The summed E-state index contributed by atoms with van der Waals surface area (Å²) in [6.45, 7) is 2.15. The van der Waals surface area contributed by atoms with Crippen molar-refractivity contribution in [2.24, 2.45) is 0 Å². The molecule has 0 saturated heterocycles. The summed E-state index contributed by atoms with van der Waals surface area (Å²) in [5.74, 6) is 1.15. The van der Waals surface area contributed by atoms with Crippen molar-refractivity contribution in [3.63, 3.8) is 0 Å². The molecule has 96 valence electrons. The molecule has 0 spiro atoms. The van der Waals surface area contributed by atoms with Crippen molar-refractivity contribution in [1.82, 2.24) is 9.55 Å². The zero-order chi connectivity index (χ0) is 12.7. The van der Waals surface area contributed by atoms with E-state index >= 15 is 0 Å². The third-order valence-corrected chi connectivity index (χ3v) is 4.53. The highest BCUT2D eigenvalue weighted by atomic mass is 35.5. The monoisotopic (exact) mass is 282 g/mol. The molecule has 0 unspecified atom stereocenters. The topological polar surface area (TPSA) is 17.8 Å². The Morgan fingerprint density at radius 3 is 2.56 bits per heavy atom. The standard InChI is InChI=1S/C14H16Cl2N2/c1-2-14-17-12-7-10(15)11(16)8-13(12)18(14)9-5-3-4-6-9/h7-9H,2-6H2,1H3. The number of hydrogen-bond acceptors (Lipinski definition) is 1. The van der Waals surface area contributed by atoms with E-state index in [-0.39, 0.29) is 0 Å². The first kappa shape index (κ1) is 12.3. The lowest BCUT2D eigenvalue weighted by atomic mass is 10.2. The number of hydrogen-bond donors (Lipinski definition) is 0. The molecule has 0 amide bonds. The van der Waals surface area contributed by atoms with Crippen LogP contribution in [-0.2, 0) is 6.42 Å². The van der Waals surface area contributed by atoms with E-state index in [2.05, 4.69) is 11.5 Å². The van der Waals surface area contributed by atoms with Crippen molar-refractivity contribution >= 4 is 34.2 Å². The molecule has 1 aliphatic carbocycles. The number of aromatic nitrogens is 2. The van der Waals surface area contributed by atoms with E-state index < -0.39 is 0 Å². The first-order valence-electron chi connectivity index (χ1n) is 6.56. The van der Waals surface area contributed by atoms with E-state index in [0.29, 0.717) is 16.1 Å². The van der Waals surface area contributed by atoms with Crippen LogP contribution in [0.25, 0.3) is 11.0 Å². The van der Waals surface area contributed by atoms with E-state index in [1.54, 1.807) is 0 Å². The molecule has 1 fully saturated rings. The summed E-state index contributed by atoms with van der Waals surface area (Å²) < 4.78 is 2.38. The van der Waals surface area contributed by atoms with Gasteiger partial charge in [0.05, 0.1) is 21.1 Å². The van der Waals surface area contributed by atoms with Crippen LogP contribution in [0, 0.1) is 0 Å². The largest absolute Gasteiger partial charge is 0.325 e. The summed E-state index contributed by atoms with van der Waals surface area (Å²) in [5, 5.41) is 1.20. The maximum absolute atomic E-state index is 6.15. The summed E-state index contributed by atoms with van der Waals surface area (Å²) in [7, 11) is 0. The second kappa shape index (κ2) is 4.75. The first-order valence-corrected chi connectivity index (χ1v) is 7.32. The minimum atomic E-state index is 0.585. The molecule has 1 aromatic heterocycles. The normalized spacial score (nSPS) is 16.8. The molecule has 1 aromatic carbocycles. The van der Waals surface area contributed by atoms with Gasteiger partial charge in [-0.3, -0.25) is 0 Å². The smallest absolute Gasteiger partial charge is 0.109 e. The van der Waals surface area contributed by atoms with Gasteiger partial charge in [0.1, 0.15) is 5.82 Å². The number of benzene rings is 1. The predicted octanol–water partition coefficient (Wildman–Crippen LogP) is 5.02. The van der Waals surface area contributed by atoms with Crippen LogP contribution in [0.5, 0.6) is 0 Å². The van der Waals surface area contributed by atoms with Gasteiger partial charge in [0.2, 0.25) is 0 Å². The van der Waals surface area contributed by atoms with Gasteiger partial charge >= 0.3 is 0 Å². The van der Waals surface area contributed by atoms with Gasteiger partial charge < -0.3 is 4.57 Å². The third kappa shape index (κ3) is 1.92. The van der Waals surface area contributed by atoms with Crippen molar-refractivity contribution < 1.29 is 0 Å². The van der Waals surface area contributed by atoms with Gasteiger partial charge in [-0.05, 0) is 25.0 Å². The van der Waals surface area contributed by atoms with Gasteiger partial charge in [-0.15, -0.1) is 0 Å². The lowest BCUT2D eigenvalue weighted by Crippen LogP contribution is -2.08. The molecule has 2 nitrogen and oxygen atoms in total. The van der Waals surface area contributed by atoms with Gasteiger partial charge in [0.15, 0.2) is 0 Å². The summed E-state index contributed by atoms with van der Waals surface area (Å²) in [4.78, 5) is 4.70. The molecule has 0 bridgehead atoms. The molecule has 1 aliphatic rings. The van der Waals surface area contributed by atoms with E-state index in [9.17, 15) is 0 Å². The zero-order valence-corrected chi connectivity index (χ0v) is 11.9. The minimum absolute atomic E-state index is 0.585. The Labute approximate surface area is 117 Å². The van der Waals surface area contributed by atoms with E-state index in [0.717, 1.165) is 23.3 Å². The fourth-order valence-corrected chi connectivity index (χ4v) is 3.28. The Kier molecular flexibility index (Phi) is 3.25. The summed E-state index contributed by atoms with van der Waals surface area (Å²) in [6.07, 6.45) is 6.07. The van der Waals surface area contributed by atoms with Crippen LogP contribution in [0.3, 0.4) is 0 Å². The second-order valence-electron chi connectivity index (χ2n) is 4.94. The molecule has 0 aliphatic heterocycles. The van der Waals surface area contributed by atoms with Crippen molar-refractivity contribution in [1.29, 1.82) is 0 Å². The van der Waals surface area contributed by atoms with Crippen LogP contribution >= 0.6 is 23.2 Å². The van der Waals surface area contributed by atoms with E-state index in [1.165, 1.54) is 25.7 Å². The first-order chi connectivity index (χ1) is 8.70.